The topological polar surface area (TPSA) is 42.3 Å². The molecule has 0 fully saturated rings. The van der Waals surface area contributed by atoms with Gasteiger partial charge in [-0.1, -0.05) is 54.1 Å². The van der Waals surface area contributed by atoms with E-state index in [1.54, 1.807) is 30.3 Å². The lowest BCUT2D eigenvalue weighted by Crippen LogP contribution is -2.29. The first-order valence-corrected chi connectivity index (χ1v) is 9.07. The van der Waals surface area contributed by atoms with Crippen molar-refractivity contribution < 1.29 is 4.79 Å². The fourth-order valence-electron chi connectivity index (χ4n) is 2.93. The van der Waals surface area contributed by atoms with Gasteiger partial charge in [-0.25, -0.2) is 0 Å². The first-order chi connectivity index (χ1) is 13.0. The summed E-state index contributed by atoms with van der Waals surface area (Å²) in [4.78, 5) is 26.7. The Balaban J connectivity index is 1.82. The summed E-state index contributed by atoms with van der Waals surface area (Å²) in [7, 11) is 1.76. The van der Waals surface area contributed by atoms with Crippen LogP contribution in [-0.2, 0) is 13.1 Å². The largest absolute Gasteiger partial charge is 0.337 e. The van der Waals surface area contributed by atoms with E-state index >= 15 is 0 Å². The van der Waals surface area contributed by atoms with Gasteiger partial charge < -0.3 is 9.47 Å². The van der Waals surface area contributed by atoms with Gasteiger partial charge in [0, 0.05) is 30.9 Å². The SMILES string of the molecule is Cc1ccccc1CN(C)C(=O)c1ccc(=O)n(Cc2ccccc2Cl)c1. The molecule has 0 saturated carbocycles. The summed E-state index contributed by atoms with van der Waals surface area (Å²) in [6.07, 6.45) is 1.60. The Labute approximate surface area is 163 Å². The molecule has 0 bridgehead atoms. The van der Waals surface area contributed by atoms with Crippen LogP contribution in [-0.4, -0.2) is 22.4 Å². The Morgan fingerprint density at radius 3 is 2.37 bits per heavy atom. The Kier molecular flexibility index (Phi) is 5.77. The van der Waals surface area contributed by atoms with Crippen LogP contribution < -0.4 is 5.56 Å². The number of aromatic nitrogens is 1. The zero-order valence-corrected chi connectivity index (χ0v) is 16.1. The number of rotatable bonds is 5. The lowest BCUT2D eigenvalue weighted by atomic mass is 10.1. The number of benzene rings is 2. The molecule has 0 unspecified atom stereocenters. The van der Waals surface area contributed by atoms with Gasteiger partial charge in [0.15, 0.2) is 0 Å². The zero-order chi connectivity index (χ0) is 19.4. The molecule has 3 aromatic rings. The van der Waals surface area contributed by atoms with Gasteiger partial charge in [-0.15, -0.1) is 0 Å². The molecule has 27 heavy (non-hydrogen) atoms. The van der Waals surface area contributed by atoms with Crippen molar-refractivity contribution in [2.24, 2.45) is 0 Å². The second-order valence-electron chi connectivity index (χ2n) is 6.56. The van der Waals surface area contributed by atoms with Crippen molar-refractivity contribution in [2.75, 3.05) is 7.05 Å². The van der Waals surface area contributed by atoms with Crippen molar-refractivity contribution in [3.8, 4) is 0 Å². The number of halogens is 1. The summed E-state index contributed by atoms with van der Waals surface area (Å²) in [6, 6.07) is 18.3. The third-order valence-corrected chi connectivity index (χ3v) is 4.91. The minimum Gasteiger partial charge on any atom is -0.337 e. The van der Waals surface area contributed by atoms with Crippen LogP contribution in [0.2, 0.25) is 5.02 Å². The monoisotopic (exact) mass is 380 g/mol. The van der Waals surface area contributed by atoms with Gasteiger partial charge in [-0.05, 0) is 35.7 Å². The lowest BCUT2D eigenvalue weighted by Gasteiger charge is -2.19. The third kappa shape index (κ3) is 4.47. The predicted octanol–water partition coefficient (Wildman–Crippen LogP) is 4.13. The van der Waals surface area contributed by atoms with E-state index < -0.39 is 0 Å². The van der Waals surface area contributed by atoms with Gasteiger partial charge in [0.2, 0.25) is 0 Å². The molecule has 1 aromatic heterocycles. The number of hydrogen-bond donors (Lipinski definition) is 0. The van der Waals surface area contributed by atoms with E-state index in [1.165, 1.54) is 10.6 Å². The number of carbonyl (C=O) groups is 1. The third-order valence-electron chi connectivity index (χ3n) is 4.54. The minimum atomic E-state index is -0.173. The summed E-state index contributed by atoms with van der Waals surface area (Å²) >= 11 is 6.19. The van der Waals surface area contributed by atoms with Gasteiger partial charge in [-0.2, -0.15) is 0 Å². The molecule has 4 nitrogen and oxygen atoms in total. The summed E-state index contributed by atoms with van der Waals surface area (Å²) in [5.41, 5.74) is 3.36. The van der Waals surface area contributed by atoms with E-state index in [-0.39, 0.29) is 11.5 Å². The fourth-order valence-corrected chi connectivity index (χ4v) is 3.12. The number of amides is 1. The van der Waals surface area contributed by atoms with Crippen LogP contribution in [0, 0.1) is 6.92 Å². The Bertz CT molecular complexity index is 1030. The van der Waals surface area contributed by atoms with Crippen LogP contribution in [0.25, 0.3) is 0 Å². The standard InChI is InChI=1S/C22H21ClN2O2/c1-16-7-3-4-8-17(16)13-24(2)22(27)19-11-12-21(26)25(15-19)14-18-9-5-6-10-20(18)23/h3-12,15H,13-14H2,1-2H3. The molecule has 2 aromatic carbocycles. The fraction of sp³-hybridized carbons (Fsp3) is 0.182. The first kappa shape index (κ1) is 18.9. The highest BCUT2D eigenvalue weighted by molar-refractivity contribution is 6.31. The maximum Gasteiger partial charge on any atom is 0.255 e. The number of carbonyl (C=O) groups excluding carboxylic acids is 1. The van der Waals surface area contributed by atoms with Crippen LogP contribution in [0.5, 0.6) is 0 Å². The van der Waals surface area contributed by atoms with E-state index in [0.29, 0.717) is 23.7 Å². The smallest absolute Gasteiger partial charge is 0.255 e. The van der Waals surface area contributed by atoms with Crippen molar-refractivity contribution in [3.05, 3.63) is 104 Å². The van der Waals surface area contributed by atoms with Crippen LogP contribution in [0.15, 0.2) is 71.7 Å². The highest BCUT2D eigenvalue weighted by atomic mass is 35.5. The molecule has 0 N–H and O–H groups in total. The molecule has 0 saturated heterocycles. The molecule has 0 atom stereocenters. The van der Waals surface area contributed by atoms with Crippen LogP contribution in [0.3, 0.4) is 0 Å². The van der Waals surface area contributed by atoms with Crippen molar-refractivity contribution in [3.63, 3.8) is 0 Å². The molecule has 0 aliphatic carbocycles. The van der Waals surface area contributed by atoms with Crippen molar-refractivity contribution >= 4 is 17.5 Å². The van der Waals surface area contributed by atoms with E-state index in [1.807, 2.05) is 49.4 Å². The molecular formula is C22H21ClN2O2. The van der Waals surface area contributed by atoms with E-state index in [4.69, 9.17) is 11.6 Å². The Hall–Kier alpha value is -2.85. The molecule has 1 heterocycles. The van der Waals surface area contributed by atoms with E-state index in [0.717, 1.165) is 16.7 Å². The van der Waals surface area contributed by atoms with Crippen LogP contribution in [0.1, 0.15) is 27.0 Å². The predicted molar refractivity (Wildman–Crippen MR) is 108 cm³/mol. The summed E-state index contributed by atoms with van der Waals surface area (Å²) in [6.45, 7) is 2.85. The van der Waals surface area contributed by atoms with E-state index in [9.17, 15) is 9.59 Å². The second-order valence-corrected chi connectivity index (χ2v) is 6.97. The van der Waals surface area contributed by atoms with Gasteiger partial charge in [0.25, 0.3) is 11.5 Å². The summed E-state index contributed by atoms with van der Waals surface area (Å²) < 4.78 is 1.51. The van der Waals surface area contributed by atoms with Crippen LogP contribution in [0.4, 0.5) is 0 Å². The zero-order valence-electron chi connectivity index (χ0n) is 15.4. The average molecular weight is 381 g/mol. The number of pyridine rings is 1. The lowest BCUT2D eigenvalue weighted by molar-refractivity contribution is 0.0784. The molecule has 0 spiro atoms. The van der Waals surface area contributed by atoms with Gasteiger partial charge in [0.1, 0.15) is 0 Å². The van der Waals surface area contributed by atoms with Crippen LogP contribution >= 0.6 is 11.6 Å². The molecule has 0 radical (unpaired) electrons. The molecular weight excluding hydrogens is 360 g/mol. The van der Waals surface area contributed by atoms with Crippen molar-refractivity contribution in [1.82, 2.24) is 9.47 Å². The van der Waals surface area contributed by atoms with Gasteiger partial charge >= 0.3 is 0 Å². The quantitative estimate of drug-likeness (QED) is 0.667. The maximum atomic E-state index is 12.8. The molecule has 0 aliphatic rings. The van der Waals surface area contributed by atoms with Crippen molar-refractivity contribution in [2.45, 2.75) is 20.0 Å². The van der Waals surface area contributed by atoms with E-state index in [2.05, 4.69) is 0 Å². The first-order valence-electron chi connectivity index (χ1n) is 8.69. The molecule has 1 amide bonds. The average Bonchev–Trinajstić information content (AvgIpc) is 2.66. The Morgan fingerprint density at radius 1 is 1.00 bits per heavy atom. The Morgan fingerprint density at radius 2 is 1.67 bits per heavy atom. The molecule has 5 heteroatoms. The van der Waals surface area contributed by atoms with Crippen molar-refractivity contribution in [1.29, 1.82) is 0 Å². The summed E-state index contributed by atoms with van der Waals surface area (Å²) in [5.74, 6) is -0.133. The molecule has 3 rings (SSSR count). The summed E-state index contributed by atoms with van der Waals surface area (Å²) in [5, 5.41) is 0.595. The molecule has 0 aliphatic heterocycles. The highest BCUT2D eigenvalue weighted by Gasteiger charge is 2.14. The number of hydrogen-bond acceptors (Lipinski definition) is 2. The normalized spacial score (nSPS) is 10.6. The molecule has 138 valence electrons. The second kappa shape index (κ2) is 8.23. The van der Waals surface area contributed by atoms with Gasteiger partial charge in [0.05, 0.1) is 12.1 Å². The highest BCUT2D eigenvalue weighted by Crippen LogP contribution is 2.16. The number of nitrogens with zero attached hydrogens (tertiary/aromatic N) is 2. The maximum absolute atomic E-state index is 12.8. The van der Waals surface area contributed by atoms with Gasteiger partial charge in [-0.3, -0.25) is 9.59 Å². The number of aryl methyl sites for hydroxylation is 1. The minimum absolute atomic E-state index is 0.133.